The van der Waals surface area contributed by atoms with Gasteiger partial charge in [0.1, 0.15) is 35.2 Å². The first-order valence-electron chi connectivity index (χ1n) is 12.5. The molecule has 190 valence electrons. The largest absolute Gasteiger partial charge is 0.383 e. The van der Waals surface area contributed by atoms with E-state index in [4.69, 9.17) is 16.5 Å². The Kier molecular flexibility index (Phi) is 6.61. The molecule has 10 heteroatoms. The Labute approximate surface area is 210 Å². The third-order valence-corrected chi connectivity index (χ3v) is 7.39. The number of carbonyl (C=O) groups excluding carboxylic acids is 1. The van der Waals surface area contributed by atoms with Crippen LogP contribution in [0.15, 0.2) is 30.7 Å². The van der Waals surface area contributed by atoms with Crippen molar-refractivity contribution in [3.8, 4) is 11.3 Å². The van der Waals surface area contributed by atoms with E-state index < -0.39 is 5.91 Å². The lowest BCUT2D eigenvalue weighted by Gasteiger charge is -2.33. The molecule has 2 fully saturated rings. The highest BCUT2D eigenvalue weighted by molar-refractivity contribution is 6.01. The molecule has 1 saturated carbocycles. The maximum absolute atomic E-state index is 13.9. The maximum atomic E-state index is 13.9. The second-order valence-corrected chi connectivity index (χ2v) is 9.94. The fourth-order valence-electron chi connectivity index (χ4n) is 5.06. The number of aryl methyl sites for hydroxylation is 1. The molecule has 1 aliphatic carbocycles. The van der Waals surface area contributed by atoms with Gasteiger partial charge in [-0.15, -0.1) is 0 Å². The molecule has 1 saturated heterocycles. The molecule has 1 amide bonds. The van der Waals surface area contributed by atoms with E-state index in [9.17, 15) is 9.18 Å². The van der Waals surface area contributed by atoms with Crippen molar-refractivity contribution in [1.29, 1.82) is 0 Å². The normalized spacial score (nSPS) is 16.6. The van der Waals surface area contributed by atoms with Gasteiger partial charge in [0.15, 0.2) is 0 Å². The standard InChI is InChI=1S/C26H33FN8O/c1-16-13-18(3-6-20(16)27)21-14-35(12-11-33(2)19-4-5-19)25(32-21)17-7-9-34(10-8-17)26-22(24(29)36)23(28)30-15-31-26/h3,6,13-15,17,19H,4-5,7-12H2,1-2H3,(H2,29,36)(H2,28,30,31). The number of anilines is 2. The first-order valence-corrected chi connectivity index (χ1v) is 12.5. The van der Waals surface area contributed by atoms with Gasteiger partial charge in [-0.1, -0.05) is 0 Å². The number of piperidine rings is 1. The molecular formula is C26H33FN8O. The molecule has 1 aromatic carbocycles. The summed E-state index contributed by atoms with van der Waals surface area (Å²) in [6.07, 6.45) is 7.70. The van der Waals surface area contributed by atoms with E-state index in [0.717, 1.165) is 43.0 Å². The molecule has 3 aromatic rings. The summed E-state index contributed by atoms with van der Waals surface area (Å²) < 4.78 is 16.1. The molecule has 0 spiro atoms. The Morgan fingerprint density at radius 2 is 1.94 bits per heavy atom. The molecule has 2 aromatic heterocycles. The average Bonchev–Trinajstić information content (AvgIpc) is 3.63. The summed E-state index contributed by atoms with van der Waals surface area (Å²) in [5.74, 6) is 1.05. The van der Waals surface area contributed by atoms with Crippen LogP contribution in [0, 0.1) is 12.7 Å². The number of aromatic nitrogens is 4. The number of hydrogen-bond donors (Lipinski definition) is 2. The van der Waals surface area contributed by atoms with Gasteiger partial charge in [0.05, 0.1) is 5.69 Å². The molecule has 0 bridgehead atoms. The summed E-state index contributed by atoms with van der Waals surface area (Å²) >= 11 is 0. The highest BCUT2D eigenvalue weighted by atomic mass is 19.1. The predicted octanol–water partition coefficient (Wildman–Crippen LogP) is 2.95. The van der Waals surface area contributed by atoms with Crippen molar-refractivity contribution in [2.45, 2.75) is 51.1 Å². The number of benzene rings is 1. The third-order valence-electron chi connectivity index (χ3n) is 7.39. The molecule has 4 N–H and O–H groups in total. The lowest BCUT2D eigenvalue weighted by Crippen LogP contribution is -2.36. The summed E-state index contributed by atoms with van der Waals surface area (Å²) in [4.78, 5) is 29.7. The summed E-state index contributed by atoms with van der Waals surface area (Å²) in [5, 5.41) is 0. The maximum Gasteiger partial charge on any atom is 0.256 e. The van der Waals surface area contributed by atoms with Crippen LogP contribution in [0.3, 0.4) is 0 Å². The summed E-state index contributed by atoms with van der Waals surface area (Å²) in [6, 6.07) is 5.85. The molecule has 1 aliphatic heterocycles. The Hall–Kier alpha value is -3.53. The van der Waals surface area contributed by atoms with Crippen molar-refractivity contribution in [3.63, 3.8) is 0 Å². The fourth-order valence-corrected chi connectivity index (χ4v) is 5.06. The van der Waals surface area contributed by atoms with E-state index in [1.807, 2.05) is 11.0 Å². The molecule has 0 unspecified atom stereocenters. The van der Waals surface area contributed by atoms with Crippen LogP contribution in [0.1, 0.15) is 53.3 Å². The van der Waals surface area contributed by atoms with E-state index in [1.54, 1.807) is 13.0 Å². The zero-order valence-electron chi connectivity index (χ0n) is 20.8. The highest BCUT2D eigenvalue weighted by Gasteiger charge is 2.30. The average molecular weight is 493 g/mol. The minimum absolute atomic E-state index is 0.101. The summed E-state index contributed by atoms with van der Waals surface area (Å²) in [7, 11) is 2.18. The van der Waals surface area contributed by atoms with Gasteiger partial charge in [0.25, 0.3) is 5.91 Å². The lowest BCUT2D eigenvalue weighted by atomic mass is 9.95. The zero-order valence-corrected chi connectivity index (χ0v) is 20.8. The number of carbonyl (C=O) groups is 1. The monoisotopic (exact) mass is 492 g/mol. The van der Waals surface area contributed by atoms with Crippen LogP contribution in [-0.2, 0) is 6.54 Å². The minimum Gasteiger partial charge on any atom is -0.383 e. The number of rotatable bonds is 8. The topological polar surface area (TPSA) is 119 Å². The van der Waals surface area contributed by atoms with Crippen molar-refractivity contribution in [1.82, 2.24) is 24.4 Å². The van der Waals surface area contributed by atoms with Crippen molar-refractivity contribution >= 4 is 17.5 Å². The van der Waals surface area contributed by atoms with Crippen LogP contribution < -0.4 is 16.4 Å². The fraction of sp³-hybridized carbons (Fsp3) is 0.462. The first kappa shape index (κ1) is 24.2. The van der Waals surface area contributed by atoms with Crippen molar-refractivity contribution < 1.29 is 9.18 Å². The number of halogens is 1. The minimum atomic E-state index is -0.625. The van der Waals surface area contributed by atoms with E-state index in [-0.39, 0.29) is 23.1 Å². The van der Waals surface area contributed by atoms with Crippen LogP contribution in [0.5, 0.6) is 0 Å². The zero-order chi connectivity index (χ0) is 25.4. The highest BCUT2D eigenvalue weighted by Crippen LogP contribution is 2.33. The Morgan fingerprint density at radius 1 is 1.19 bits per heavy atom. The smallest absolute Gasteiger partial charge is 0.256 e. The van der Waals surface area contributed by atoms with Gasteiger partial charge in [0.2, 0.25) is 0 Å². The summed E-state index contributed by atoms with van der Waals surface area (Å²) in [5.41, 5.74) is 14.0. The number of nitrogen functional groups attached to an aromatic ring is 1. The number of likely N-dealkylation sites (N-methyl/N-ethyl adjacent to an activating group) is 1. The summed E-state index contributed by atoms with van der Waals surface area (Å²) in [6.45, 7) is 4.97. The first-order chi connectivity index (χ1) is 17.3. The second kappa shape index (κ2) is 9.85. The second-order valence-electron chi connectivity index (χ2n) is 9.94. The van der Waals surface area contributed by atoms with Crippen LogP contribution in [0.4, 0.5) is 16.0 Å². The van der Waals surface area contributed by atoms with Crippen molar-refractivity contribution in [3.05, 3.63) is 53.5 Å². The molecule has 0 radical (unpaired) electrons. The molecule has 5 rings (SSSR count). The number of imidazole rings is 1. The van der Waals surface area contributed by atoms with Crippen LogP contribution in [0.25, 0.3) is 11.3 Å². The van der Waals surface area contributed by atoms with Crippen molar-refractivity contribution in [2.24, 2.45) is 5.73 Å². The molecule has 36 heavy (non-hydrogen) atoms. The van der Waals surface area contributed by atoms with E-state index in [0.29, 0.717) is 30.5 Å². The molecule has 2 aliphatic rings. The SMILES string of the molecule is Cc1cc(-c2cn(CCN(C)C3CC3)c(C3CCN(c4ncnc(N)c4C(N)=O)CC3)n2)ccc1F. The lowest BCUT2D eigenvalue weighted by molar-refractivity contribution is 0.100. The van der Waals surface area contributed by atoms with Gasteiger partial charge in [-0.2, -0.15) is 0 Å². The number of primary amides is 1. The number of nitrogens with zero attached hydrogens (tertiary/aromatic N) is 6. The Morgan fingerprint density at radius 3 is 2.61 bits per heavy atom. The van der Waals surface area contributed by atoms with Gasteiger partial charge >= 0.3 is 0 Å². The van der Waals surface area contributed by atoms with Gasteiger partial charge < -0.3 is 25.8 Å². The molecule has 9 nitrogen and oxygen atoms in total. The van der Waals surface area contributed by atoms with Crippen molar-refractivity contribution in [2.75, 3.05) is 37.3 Å². The van der Waals surface area contributed by atoms with Crippen LogP contribution in [0.2, 0.25) is 0 Å². The van der Waals surface area contributed by atoms with Crippen LogP contribution in [-0.4, -0.2) is 63.0 Å². The molecule has 0 atom stereocenters. The molecule has 3 heterocycles. The molecular weight excluding hydrogens is 459 g/mol. The van der Waals surface area contributed by atoms with Gasteiger partial charge in [-0.3, -0.25) is 4.79 Å². The number of hydrogen-bond acceptors (Lipinski definition) is 7. The van der Waals surface area contributed by atoms with E-state index in [1.165, 1.54) is 25.2 Å². The number of amides is 1. The quantitative estimate of drug-likeness (QED) is 0.496. The Balaban J connectivity index is 1.38. The predicted molar refractivity (Wildman–Crippen MR) is 137 cm³/mol. The Bertz CT molecular complexity index is 1260. The van der Waals surface area contributed by atoms with Gasteiger partial charge in [0, 0.05) is 49.9 Å². The van der Waals surface area contributed by atoms with E-state index >= 15 is 0 Å². The third kappa shape index (κ3) is 4.90. The van der Waals surface area contributed by atoms with Crippen LogP contribution >= 0.6 is 0 Å². The van der Waals surface area contributed by atoms with E-state index in [2.05, 4.69) is 32.7 Å². The van der Waals surface area contributed by atoms with Gasteiger partial charge in [-0.25, -0.2) is 19.3 Å². The van der Waals surface area contributed by atoms with Gasteiger partial charge in [-0.05, 0) is 63.4 Å². The number of nitrogens with two attached hydrogens (primary N) is 2.